The fourth-order valence-corrected chi connectivity index (χ4v) is 1.46. The second-order valence-electron chi connectivity index (χ2n) is 3.73. The van der Waals surface area contributed by atoms with E-state index < -0.39 is 5.97 Å². The van der Waals surface area contributed by atoms with Crippen LogP contribution >= 0.6 is 0 Å². The summed E-state index contributed by atoms with van der Waals surface area (Å²) in [6.07, 6.45) is 6.40. The Hall–Kier alpha value is -2.36. The number of carboxylic acids is 1. The van der Waals surface area contributed by atoms with E-state index in [0.717, 1.165) is 22.9 Å². The number of rotatable bonds is 3. The van der Waals surface area contributed by atoms with Crippen molar-refractivity contribution in [2.24, 2.45) is 0 Å². The third-order valence-corrected chi connectivity index (χ3v) is 2.29. The van der Waals surface area contributed by atoms with Crippen molar-refractivity contribution in [1.29, 1.82) is 0 Å². The number of aromatic nitrogens is 2. The molecule has 1 aromatic heterocycles. The average molecular weight is 228 g/mol. The Kier molecular flexibility index (Phi) is 3.05. The molecule has 1 heterocycles. The molecule has 0 aliphatic heterocycles. The summed E-state index contributed by atoms with van der Waals surface area (Å²) >= 11 is 0. The smallest absolute Gasteiger partial charge is 0.328 e. The van der Waals surface area contributed by atoms with Crippen LogP contribution in [0.3, 0.4) is 0 Å². The average Bonchev–Trinajstić information content (AvgIpc) is 2.74. The van der Waals surface area contributed by atoms with Gasteiger partial charge in [0.2, 0.25) is 0 Å². The molecule has 0 unspecified atom stereocenters. The minimum Gasteiger partial charge on any atom is -0.478 e. The highest BCUT2D eigenvalue weighted by Gasteiger charge is 1.97. The number of aryl methyl sites for hydroxylation is 1. The fraction of sp³-hybridized carbons (Fsp3) is 0.0769. The van der Waals surface area contributed by atoms with Crippen LogP contribution in [0.5, 0.6) is 0 Å². The van der Waals surface area contributed by atoms with E-state index in [0.29, 0.717) is 0 Å². The summed E-state index contributed by atoms with van der Waals surface area (Å²) in [7, 11) is 0. The van der Waals surface area contributed by atoms with Gasteiger partial charge in [-0.25, -0.2) is 9.48 Å². The lowest BCUT2D eigenvalue weighted by atomic mass is 10.2. The minimum atomic E-state index is -0.947. The molecule has 0 atom stereocenters. The van der Waals surface area contributed by atoms with E-state index in [1.54, 1.807) is 17.0 Å². The first-order valence-electron chi connectivity index (χ1n) is 5.18. The molecular formula is C13H12N2O2. The van der Waals surface area contributed by atoms with Gasteiger partial charge in [0.15, 0.2) is 0 Å². The molecule has 0 aliphatic rings. The first kappa shape index (κ1) is 11.1. The second kappa shape index (κ2) is 4.65. The van der Waals surface area contributed by atoms with E-state index >= 15 is 0 Å². The van der Waals surface area contributed by atoms with Crippen molar-refractivity contribution in [1.82, 2.24) is 9.78 Å². The third-order valence-electron chi connectivity index (χ3n) is 2.29. The molecule has 86 valence electrons. The summed E-state index contributed by atoms with van der Waals surface area (Å²) in [5.41, 5.74) is 2.89. The number of carboxylic acid groups (broad SMARTS) is 1. The van der Waals surface area contributed by atoms with Gasteiger partial charge in [-0.05, 0) is 36.3 Å². The van der Waals surface area contributed by atoms with E-state index in [4.69, 9.17) is 5.11 Å². The maximum atomic E-state index is 10.4. The van der Waals surface area contributed by atoms with Crippen molar-refractivity contribution < 1.29 is 9.90 Å². The fourth-order valence-electron chi connectivity index (χ4n) is 1.46. The van der Waals surface area contributed by atoms with Gasteiger partial charge in [-0.2, -0.15) is 5.10 Å². The Bertz CT molecular complexity index is 553. The lowest BCUT2D eigenvalue weighted by Gasteiger charge is -2.01. The second-order valence-corrected chi connectivity index (χ2v) is 3.73. The van der Waals surface area contributed by atoms with Crippen molar-refractivity contribution in [3.05, 3.63) is 53.9 Å². The van der Waals surface area contributed by atoms with Gasteiger partial charge in [0, 0.05) is 12.3 Å². The molecule has 0 radical (unpaired) electrons. The highest BCUT2D eigenvalue weighted by Crippen LogP contribution is 2.10. The van der Waals surface area contributed by atoms with Crippen LogP contribution in [0, 0.1) is 6.92 Å². The summed E-state index contributed by atoms with van der Waals surface area (Å²) in [5, 5.41) is 12.7. The molecule has 1 aromatic carbocycles. The summed E-state index contributed by atoms with van der Waals surface area (Å²) in [6.45, 7) is 1.98. The van der Waals surface area contributed by atoms with Crippen molar-refractivity contribution in [3.8, 4) is 5.69 Å². The number of carbonyl (C=O) groups is 1. The van der Waals surface area contributed by atoms with Gasteiger partial charge in [0.25, 0.3) is 0 Å². The lowest BCUT2D eigenvalue weighted by molar-refractivity contribution is -0.131. The summed E-state index contributed by atoms with van der Waals surface area (Å²) in [4.78, 5) is 10.4. The topological polar surface area (TPSA) is 55.1 Å². The van der Waals surface area contributed by atoms with Crippen LogP contribution in [0.25, 0.3) is 11.8 Å². The van der Waals surface area contributed by atoms with Gasteiger partial charge in [0.1, 0.15) is 0 Å². The summed E-state index contributed by atoms with van der Waals surface area (Å²) < 4.78 is 1.78. The predicted molar refractivity (Wildman–Crippen MR) is 65.0 cm³/mol. The van der Waals surface area contributed by atoms with Gasteiger partial charge in [-0.1, -0.05) is 12.1 Å². The molecule has 4 heteroatoms. The molecule has 17 heavy (non-hydrogen) atoms. The quantitative estimate of drug-likeness (QED) is 0.820. The maximum absolute atomic E-state index is 10.4. The van der Waals surface area contributed by atoms with Gasteiger partial charge in [-0.15, -0.1) is 0 Å². The molecule has 1 N–H and O–H groups in total. The first-order valence-corrected chi connectivity index (χ1v) is 5.18. The molecule has 2 aromatic rings. The number of hydrogen-bond donors (Lipinski definition) is 1. The van der Waals surface area contributed by atoms with E-state index in [1.807, 2.05) is 37.4 Å². The molecule has 0 saturated heterocycles. The largest absolute Gasteiger partial charge is 0.478 e. The zero-order valence-electron chi connectivity index (χ0n) is 9.37. The van der Waals surface area contributed by atoms with Crippen molar-refractivity contribution in [3.63, 3.8) is 0 Å². The Balaban J connectivity index is 2.21. The Morgan fingerprint density at radius 1 is 1.35 bits per heavy atom. The molecule has 0 saturated carbocycles. The van der Waals surface area contributed by atoms with Crippen LogP contribution in [0.1, 0.15) is 11.1 Å². The Morgan fingerprint density at radius 2 is 2.06 bits per heavy atom. The molecular weight excluding hydrogens is 216 g/mol. The van der Waals surface area contributed by atoms with Gasteiger partial charge in [-0.3, -0.25) is 0 Å². The molecule has 0 bridgehead atoms. The Morgan fingerprint density at radius 3 is 2.59 bits per heavy atom. The zero-order valence-corrected chi connectivity index (χ0v) is 9.37. The molecule has 4 nitrogen and oxygen atoms in total. The van der Waals surface area contributed by atoms with Crippen LogP contribution in [-0.2, 0) is 4.79 Å². The number of nitrogens with zero attached hydrogens (tertiary/aromatic N) is 2. The highest BCUT2D eigenvalue weighted by atomic mass is 16.4. The zero-order chi connectivity index (χ0) is 12.3. The monoisotopic (exact) mass is 228 g/mol. The molecule has 2 rings (SSSR count). The van der Waals surface area contributed by atoms with Crippen LogP contribution in [0.15, 0.2) is 42.7 Å². The van der Waals surface area contributed by atoms with E-state index in [9.17, 15) is 4.79 Å². The standard InChI is InChI=1S/C13H12N2O2/c1-10-8-14-15(9-10)12-5-2-11(3-6-12)4-7-13(16)17/h2-9H,1H3,(H,16,17)/b7-4+. The Labute approximate surface area is 98.8 Å². The van der Waals surface area contributed by atoms with E-state index in [1.165, 1.54) is 0 Å². The van der Waals surface area contributed by atoms with E-state index in [-0.39, 0.29) is 0 Å². The van der Waals surface area contributed by atoms with Crippen molar-refractivity contribution in [2.75, 3.05) is 0 Å². The van der Waals surface area contributed by atoms with Crippen LogP contribution in [0.2, 0.25) is 0 Å². The molecule has 0 fully saturated rings. The summed E-state index contributed by atoms with van der Waals surface area (Å²) in [5.74, 6) is -0.947. The number of benzene rings is 1. The van der Waals surface area contributed by atoms with Crippen molar-refractivity contribution >= 4 is 12.0 Å². The minimum absolute atomic E-state index is 0.847. The lowest BCUT2D eigenvalue weighted by Crippen LogP contribution is -1.93. The van der Waals surface area contributed by atoms with Crippen molar-refractivity contribution in [2.45, 2.75) is 6.92 Å². The van der Waals surface area contributed by atoms with Crippen LogP contribution < -0.4 is 0 Å². The molecule has 0 spiro atoms. The highest BCUT2D eigenvalue weighted by molar-refractivity contribution is 5.85. The number of aliphatic carboxylic acids is 1. The number of hydrogen-bond acceptors (Lipinski definition) is 2. The maximum Gasteiger partial charge on any atom is 0.328 e. The SMILES string of the molecule is Cc1cnn(-c2ccc(/C=C/C(=O)O)cc2)c1. The van der Waals surface area contributed by atoms with Gasteiger partial charge >= 0.3 is 5.97 Å². The predicted octanol–water partition coefficient (Wildman–Crippen LogP) is 2.28. The molecule has 0 aliphatic carbocycles. The van der Waals surface area contributed by atoms with Crippen LogP contribution in [0.4, 0.5) is 0 Å². The third kappa shape index (κ3) is 2.81. The summed E-state index contributed by atoms with van der Waals surface area (Å²) in [6, 6.07) is 7.50. The first-order chi connectivity index (χ1) is 8.15. The van der Waals surface area contributed by atoms with Gasteiger partial charge in [0.05, 0.1) is 11.9 Å². The molecule has 0 amide bonds. The normalized spacial score (nSPS) is 10.9. The van der Waals surface area contributed by atoms with Crippen LogP contribution in [-0.4, -0.2) is 20.9 Å². The van der Waals surface area contributed by atoms with E-state index in [2.05, 4.69) is 5.10 Å². The van der Waals surface area contributed by atoms with Gasteiger partial charge < -0.3 is 5.11 Å².